The molecule has 1 aromatic rings. The Labute approximate surface area is 105 Å². The van der Waals surface area contributed by atoms with Gasteiger partial charge < -0.3 is 10.4 Å². The van der Waals surface area contributed by atoms with Crippen LogP contribution in [0.1, 0.15) is 32.1 Å². The number of nitrogens with one attached hydrogen (secondary N) is 1. The Morgan fingerprint density at radius 2 is 2.11 bits per heavy atom. The van der Waals surface area contributed by atoms with E-state index in [0.29, 0.717) is 0 Å². The van der Waals surface area contributed by atoms with Gasteiger partial charge >= 0.3 is 5.97 Å². The average molecular weight is 251 g/mol. The predicted octanol–water partition coefficient (Wildman–Crippen LogP) is 0.787. The maximum Gasteiger partial charge on any atom is 0.305 e. The molecule has 0 aromatic carbocycles. The molecular formula is C12H17N3O3. The molecule has 0 bridgehead atoms. The molecule has 6 heteroatoms. The number of nitrogens with zero attached hydrogens (tertiary/aromatic N) is 2. The molecule has 1 heterocycles. The van der Waals surface area contributed by atoms with Crippen LogP contribution in [0.15, 0.2) is 18.5 Å². The lowest BCUT2D eigenvalue weighted by Gasteiger charge is -2.28. The molecule has 0 radical (unpaired) electrons. The van der Waals surface area contributed by atoms with Gasteiger partial charge in [0.1, 0.15) is 6.54 Å². The normalized spacial score (nSPS) is 17.6. The number of carbonyl (C=O) groups excluding carboxylic acids is 1. The van der Waals surface area contributed by atoms with E-state index in [2.05, 4.69) is 10.4 Å². The van der Waals surface area contributed by atoms with Crippen LogP contribution in [-0.2, 0) is 16.1 Å². The van der Waals surface area contributed by atoms with Crippen LogP contribution in [0.3, 0.4) is 0 Å². The Morgan fingerprint density at radius 1 is 1.39 bits per heavy atom. The number of amides is 1. The van der Waals surface area contributed by atoms with Crippen molar-refractivity contribution in [3.05, 3.63) is 18.5 Å². The third-order valence-corrected chi connectivity index (χ3v) is 3.32. The van der Waals surface area contributed by atoms with E-state index >= 15 is 0 Å². The molecule has 1 amide bonds. The van der Waals surface area contributed by atoms with E-state index in [1.165, 1.54) is 4.68 Å². The van der Waals surface area contributed by atoms with Gasteiger partial charge in [0.25, 0.3) is 0 Å². The maximum absolute atomic E-state index is 11.9. The summed E-state index contributed by atoms with van der Waals surface area (Å²) >= 11 is 0. The van der Waals surface area contributed by atoms with Gasteiger partial charge in [0.15, 0.2) is 0 Å². The summed E-state index contributed by atoms with van der Waals surface area (Å²) in [6.45, 7) is 0.133. The fraction of sp³-hybridized carbons (Fsp3) is 0.583. The van der Waals surface area contributed by atoms with Crippen LogP contribution >= 0.6 is 0 Å². The van der Waals surface area contributed by atoms with Crippen LogP contribution in [0.2, 0.25) is 0 Å². The van der Waals surface area contributed by atoms with Gasteiger partial charge in [-0.3, -0.25) is 14.3 Å². The van der Waals surface area contributed by atoms with E-state index in [1.807, 2.05) is 0 Å². The third-order valence-electron chi connectivity index (χ3n) is 3.32. The molecule has 2 rings (SSSR count). The Hall–Kier alpha value is -1.85. The molecule has 1 fully saturated rings. The SMILES string of the molecule is O=C(O)CC1(NC(=O)Cn2cccn2)CCCC1. The van der Waals surface area contributed by atoms with Crippen LogP contribution in [0.4, 0.5) is 0 Å². The minimum atomic E-state index is -0.865. The zero-order valence-electron chi connectivity index (χ0n) is 10.1. The van der Waals surface area contributed by atoms with Crippen LogP contribution < -0.4 is 5.32 Å². The van der Waals surface area contributed by atoms with Gasteiger partial charge in [-0.05, 0) is 18.9 Å². The van der Waals surface area contributed by atoms with Crippen molar-refractivity contribution >= 4 is 11.9 Å². The first-order chi connectivity index (χ1) is 8.60. The molecule has 2 N–H and O–H groups in total. The van der Waals surface area contributed by atoms with Gasteiger partial charge in [0.05, 0.1) is 12.0 Å². The van der Waals surface area contributed by atoms with Crippen molar-refractivity contribution in [2.75, 3.05) is 0 Å². The van der Waals surface area contributed by atoms with Crippen LogP contribution in [0.25, 0.3) is 0 Å². The number of hydrogen-bond donors (Lipinski definition) is 2. The van der Waals surface area contributed by atoms with Crippen molar-refractivity contribution in [2.24, 2.45) is 0 Å². The lowest BCUT2D eigenvalue weighted by atomic mass is 9.93. The quantitative estimate of drug-likeness (QED) is 0.810. The summed E-state index contributed by atoms with van der Waals surface area (Å²) in [4.78, 5) is 22.8. The highest BCUT2D eigenvalue weighted by Gasteiger charge is 2.37. The molecular weight excluding hydrogens is 234 g/mol. The number of aromatic nitrogens is 2. The van der Waals surface area contributed by atoms with Crippen molar-refractivity contribution < 1.29 is 14.7 Å². The van der Waals surface area contributed by atoms with Crippen molar-refractivity contribution in [2.45, 2.75) is 44.2 Å². The van der Waals surface area contributed by atoms with Crippen molar-refractivity contribution in [1.29, 1.82) is 0 Å². The minimum absolute atomic E-state index is 0.00214. The van der Waals surface area contributed by atoms with Crippen molar-refractivity contribution in [3.63, 3.8) is 0 Å². The standard InChI is InChI=1S/C12H17N3O3/c16-10(9-15-7-3-6-13-15)14-12(8-11(17)18)4-1-2-5-12/h3,6-7H,1-2,4-5,8-9H2,(H,14,16)(H,17,18). The molecule has 1 saturated carbocycles. The highest BCUT2D eigenvalue weighted by molar-refractivity contribution is 5.78. The van der Waals surface area contributed by atoms with E-state index in [0.717, 1.165) is 25.7 Å². The first-order valence-corrected chi connectivity index (χ1v) is 6.10. The second kappa shape index (κ2) is 5.20. The zero-order chi connectivity index (χ0) is 13.0. The van der Waals surface area contributed by atoms with E-state index in [1.54, 1.807) is 18.5 Å². The summed E-state index contributed by atoms with van der Waals surface area (Å²) in [7, 11) is 0. The van der Waals surface area contributed by atoms with Crippen LogP contribution in [-0.4, -0.2) is 32.3 Å². The number of hydrogen-bond acceptors (Lipinski definition) is 3. The summed E-state index contributed by atoms with van der Waals surface area (Å²) in [6, 6.07) is 1.75. The minimum Gasteiger partial charge on any atom is -0.481 e. The summed E-state index contributed by atoms with van der Waals surface area (Å²) < 4.78 is 1.53. The van der Waals surface area contributed by atoms with Gasteiger partial charge in [-0.15, -0.1) is 0 Å². The first kappa shape index (κ1) is 12.6. The number of rotatable bonds is 5. The fourth-order valence-electron chi connectivity index (χ4n) is 2.56. The number of carboxylic acid groups (broad SMARTS) is 1. The first-order valence-electron chi connectivity index (χ1n) is 6.10. The van der Waals surface area contributed by atoms with Gasteiger partial charge in [-0.25, -0.2) is 0 Å². The van der Waals surface area contributed by atoms with Gasteiger partial charge in [0, 0.05) is 12.4 Å². The second-order valence-electron chi connectivity index (χ2n) is 4.81. The van der Waals surface area contributed by atoms with E-state index in [4.69, 9.17) is 5.11 Å². The summed E-state index contributed by atoms with van der Waals surface area (Å²) in [5.74, 6) is -1.04. The maximum atomic E-state index is 11.9. The molecule has 0 spiro atoms. The summed E-state index contributed by atoms with van der Waals surface area (Å²) in [5.41, 5.74) is -0.559. The van der Waals surface area contributed by atoms with Gasteiger partial charge in [0.2, 0.25) is 5.91 Å². The molecule has 0 unspecified atom stereocenters. The Bertz CT molecular complexity index is 422. The molecule has 98 valence electrons. The lowest BCUT2D eigenvalue weighted by molar-refractivity contribution is -0.139. The van der Waals surface area contributed by atoms with Gasteiger partial charge in [-0.2, -0.15) is 5.10 Å². The largest absolute Gasteiger partial charge is 0.481 e. The highest BCUT2D eigenvalue weighted by atomic mass is 16.4. The molecule has 6 nitrogen and oxygen atoms in total. The predicted molar refractivity (Wildman–Crippen MR) is 63.8 cm³/mol. The molecule has 18 heavy (non-hydrogen) atoms. The number of aliphatic carboxylic acids is 1. The van der Waals surface area contributed by atoms with Crippen molar-refractivity contribution in [1.82, 2.24) is 15.1 Å². The topological polar surface area (TPSA) is 84.2 Å². The second-order valence-corrected chi connectivity index (χ2v) is 4.81. The molecule has 1 aromatic heterocycles. The summed E-state index contributed by atoms with van der Waals surface area (Å²) in [6.07, 6.45) is 6.73. The smallest absolute Gasteiger partial charge is 0.305 e. The lowest BCUT2D eigenvalue weighted by Crippen LogP contribution is -2.48. The monoisotopic (exact) mass is 251 g/mol. The van der Waals surface area contributed by atoms with E-state index in [-0.39, 0.29) is 18.9 Å². The average Bonchev–Trinajstić information content (AvgIpc) is 2.89. The molecule has 0 saturated heterocycles. The van der Waals surface area contributed by atoms with Gasteiger partial charge in [-0.1, -0.05) is 12.8 Å². The van der Waals surface area contributed by atoms with Crippen molar-refractivity contribution in [3.8, 4) is 0 Å². The van der Waals surface area contributed by atoms with Crippen LogP contribution in [0, 0.1) is 0 Å². The molecule has 0 atom stereocenters. The number of carbonyl (C=O) groups is 2. The molecule has 0 aliphatic heterocycles. The van der Waals surface area contributed by atoms with E-state index in [9.17, 15) is 9.59 Å². The molecule has 1 aliphatic carbocycles. The Balaban J connectivity index is 1.96. The highest BCUT2D eigenvalue weighted by Crippen LogP contribution is 2.32. The third kappa shape index (κ3) is 3.09. The van der Waals surface area contributed by atoms with E-state index < -0.39 is 11.5 Å². The fourth-order valence-corrected chi connectivity index (χ4v) is 2.56. The Morgan fingerprint density at radius 3 is 2.67 bits per heavy atom. The Kier molecular flexibility index (Phi) is 3.64. The van der Waals surface area contributed by atoms with Crippen LogP contribution in [0.5, 0.6) is 0 Å². The molecule has 1 aliphatic rings. The number of carboxylic acids is 1. The summed E-state index contributed by atoms with van der Waals surface area (Å²) in [5, 5.41) is 15.8. The zero-order valence-corrected chi connectivity index (χ0v) is 10.1.